The number of carboxylic acid groups (broad SMARTS) is 1. The summed E-state index contributed by atoms with van der Waals surface area (Å²) in [5.41, 5.74) is 2.47. The zero-order valence-electron chi connectivity index (χ0n) is 17.6. The summed E-state index contributed by atoms with van der Waals surface area (Å²) in [5, 5.41) is 13.4. The fraction of sp³-hybridized carbons (Fsp3) is 0.364. The van der Waals surface area contributed by atoms with E-state index in [9.17, 15) is 14.7 Å². The molecule has 0 saturated carbocycles. The first-order chi connectivity index (χ1) is 14.8. The number of rotatable bonds is 5. The van der Waals surface area contributed by atoms with E-state index < -0.39 is 5.97 Å². The Balaban J connectivity index is 1.83. The van der Waals surface area contributed by atoms with Crippen molar-refractivity contribution in [3.63, 3.8) is 0 Å². The molecule has 0 bridgehead atoms. The van der Waals surface area contributed by atoms with Gasteiger partial charge in [0.25, 0.3) is 5.56 Å². The van der Waals surface area contributed by atoms with Crippen LogP contribution < -0.4 is 15.8 Å². The molecule has 162 valence electrons. The number of carboxylic acids is 1. The second-order valence-corrected chi connectivity index (χ2v) is 8.31. The molecular weight excluding hydrogens is 418 g/mol. The molecular formula is C22H24ClN5O3. The summed E-state index contributed by atoms with van der Waals surface area (Å²) in [6.07, 6.45) is 2.16. The second kappa shape index (κ2) is 8.19. The Morgan fingerprint density at radius 1 is 1.23 bits per heavy atom. The van der Waals surface area contributed by atoms with Crippen molar-refractivity contribution < 1.29 is 9.90 Å². The molecule has 4 rings (SSSR count). The lowest BCUT2D eigenvalue weighted by atomic mass is 10.0. The maximum atomic E-state index is 13.1. The molecule has 2 N–H and O–H groups in total. The van der Waals surface area contributed by atoms with Crippen molar-refractivity contribution in [2.24, 2.45) is 7.05 Å². The number of aromatic nitrogens is 3. The molecule has 1 aliphatic heterocycles. The Labute approximate surface area is 184 Å². The molecule has 1 atom stereocenters. The van der Waals surface area contributed by atoms with Gasteiger partial charge < -0.3 is 15.3 Å². The minimum Gasteiger partial charge on any atom is -0.476 e. The van der Waals surface area contributed by atoms with E-state index in [0.717, 1.165) is 37.1 Å². The third kappa shape index (κ3) is 3.95. The molecule has 31 heavy (non-hydrogen) atoms. The average molecular weight is 442 g/mol. The molecule has 1 fully saturated rings. The van der Waals surface area contributed by atoms with Crippen LogP contribution >= 0.6 is 11.6 Å². The number of aromatic carboxylic acids is 1. The molecule has 1 aliphatic rings. The molecule has 3 aromatic rings. The minimum atomic E-state index is -1.17. The molecule has 8 nitrogen and oxygen atoms in total. The summed E-state index contributed by atoms with van der Waals surface area (Å²) in [6, 6.07) is 6.63. The Morgan fingerprint density at radius 3 is 2.61 bits per heavy atom. The Bertz CT molecular complexity index is 1230. The highest BCUT2D eigenvalue weighted by atomic mass is 35.5. The van der Waals surface area contributed by atoms with Crippen LogP contribution in [-0.4, -0.2) is 38.7 Å². The number of pyridine rings is 1. The first kappa shape index (κ1) is 21.1. The van der Waals surface area contributed by atoms with Gasteiger partial charge in [-0.2, -0.15) is 0 Å². The van der Waals surface area contributed by atoms with Gasteiger partial charge in [-0.25, -0.2) is 14.8 Å². The highest BCUT2D eigenvalue weighted by molar-refractivity contribution is 6.29. The Kier molecular flexibility index (Phi) is 5.58. The molecule has 1 saturated heterocycles. The minimum absolute atomic E-state index is 0.0940. The summed E-state index contributed by atoms with van der Waals surface area (Å²) >= 11 is 5.87. The van der Waals surface area contributed by atoms with Crippen LogP contribution in [0.2, 0.25) is 5.15 Å². The number of hydrogen-bond donors (Lipinski definition) is 2. The Hall–Kier alpha value is -3.13. The molecule has 3 heterocycles. The summed E-state index contributed by atoms with van der Waals surface area (Å²) < 4.78 is 1.61. The van der Waals surface area contributed by atoms with Gasteiger partial charge in [-0.15, -0.1) is 0 Å². The van der Waals surface area contributed by atoms with Crippen molar-refractivity contribution in [2.45, 2.75) is 32.7 Å². The zero-order chi connectivity index (χ0) is 22.3. The second-order valence-electron chi connectivity index (χ2n) is 7.92. The van der Waals surface area contributed by atoms with E-state index in [-0.39, 0.29) is 22.4 Å². The number of nitrogens with one attached hydrogen (secondary N) is 1. The molecule has 0 radical (unpaired) electrons. The van der Waals surface area contributed by atoms with Crippen molar-refractivity contribution in [1.29, 1.82) is 0 Å². The topological polar surface area (TPSA) is 100 Å². The molecule has 1 aromatic carbocycles. The van der Waals surface area contributed by atoms with E-state index in [1.165, 1.54) is 6.07 Å². The lowest BCUT2D eigenvalue weighted by Gasteiger charge is -2.23. The van der Waals surface area contributed by atoms with Crippen LogP contribution in [-0.2, 0) is 7.05 Å². The van der Waals surface area contributed by atoms with Gasteiger partial charge in [0.1, 0.15) is 5.15 Å². The predicted octanol–water partition coefficient (Wildman–Crippen LogP) is 3.76. The van der Waals surface area contributed by atoms with Gasteiger partial charge in [-0.1, -0.05) is 17.7 Å². The normalized spacial score (nSPS) is 14.8. The maximum Gasteiger partial charge on any atom is 0.356 e. The average Bonchev–Trinajstić information content (AvgIpc) is 3.26. The number of nitrogens with zero attached hydrogens (tertiary/aromatic N) is 4. The molecule has 0 amide bonds. The van der Waals surface area contributed by atoms with Crippen molar-refractivity contribution >= 4 is 40.1 Å². The van der Waals surface area contributed by atoms with E-state index in [1.54, 1.807) is 17.7 Å². The van der Waals surface area contributed by atoms with E-state index in [1.807, 2.05) is 26.0 Å². The standard InChI is InChI=1S/C22H24ClN5O3/c1-12-10-14(13(2)24-16-6-7-17(23)25-19(16)21(30)31)18-15(11-12)20(29)27(3)22(26-18)28-8-4-5-9-28/h6-7,10-11,13,24H,4-5,8-9H2,1-3H3,(H,30,31)/t13-/m1/s1. The maximum absolute atomic E-state index is 13.1. The van der Waals surface area contributed by atoms with Crippen molar-refractivity contribution in [2.75, 3.05) is 23.3 Å². The van der Waals surface area contributed by atoms with E-state index >= 15 is 0 Å². The smallest absolute Gasteiger partial charge is 0.356 e. The fourth-order valence-corrected chi connectivity index (χ4v) is 4.24. The number of anilines is 2. The third-order valence-corrected chi connectivity index (χ3v) is 5.83. The predicted molar refractivity (Wildman–Crippen MR) is 121 cm³/mol. The molecule has 0 aliphatic carbocycles. The van der Waals surface area contributed by atoms with Gasteiger partial charge in [-0.3, -0.25) is 9.36 Å². The van der Waals surface area contributed by atoms with Crippen molar-refractivity contribution in [3.8, 4) is 0 Å². The summed E-state index contributed by atoms with van der Waals surface area (Å²) in [7, 11) is 1.75. The van der Waals surface area contributed by atoms with E-state index in [4.69, 9.17) is 16.6 Å². The van der Waals surface area contributed by atoms with Crippen LogP contribution in [0.25, 0.3) is 10.9 Å². The molecule has 0 unspecified atom stereocenters. The van der Waals surface area contributed by atoms with Gasteiger partial charge in [0, 0.05) is 25.7 Å². The van der Waals surface area contributed by atoms with Crippen LogP contribution in [0.15, 0.2) is 29.1 Å². The van der Waals surface area contributed by atoms with Gasteiger partial charge >= 0.3 is 5.97 Å². The summed E-state index contributed by atoms with van der Waals surface area (Å²) in [5.74, 6) is -0.513. The fourth-order valence-electron chi connectivity index (χ4n) is 4.10. The van der Waals surface area contributed by atoms with Crippen LogP contribution in [0, 0.1) is 6.92 Å². The molecule has 9 heteroatoms. The first-order valence-corrected chi connectivity index (χ1v) is 10.6. The lowest BCUT2D eigenvalue weighted by Crippen LogP contribution is -2.30. The number of carbonyl (C=O) groups is 1. The number of aryl methyl sites for hydroxylation is 1. The van der Waals surface area contributed by atoms with Crippen LogP contribution in [0.4, 0.5) is 11.6 Å². The lowest BCUT2D eigenvalue weighted by molar-refractivity contribution is 0.0691. The van der Waals surface area contributed by atoms with Gasteiger partial charge in [-0.05, 0) is 50.5 Å². The van der Waals surface area contributed by atoms with Crippen LogP contribution in [0.5, 0.6) is 0 Å². The van der Waals surface area contributed by atoms with Crippen molar-refractivity contribution in [1.82, 2.24) is 14.5 Å². The van der Waals surface area contributed by atoms with E-state index in [0.29, 0.717) is 22.5 Å². The number of fused-ring (bicyclic) bond motifs is 1. The summed E-state index contributed by atoms with van der Waals surface area (Å²) in [4.78, 5) is 35.7. The first-order valence-electron chi connectivity index (χ1n) is 10.2. The molecule has 2 aromatic heterocycles. The molecule has 0 spiro atoms. The highest BCUT2D eigenvalue weighted by Crippen LogP contribution is 2.29. The van der Waals surface area contributed by atoms with Gasteiger partial charge in [0.05, 0.1) is 22.6 Å². The monoisotopic (exact) mass is 441 g/mol. The number of halogens is 1. The third-order valence-electron chi connectivity index (χ3n) is 5.62. The highest BCUT2D eigenvalue weighted by Gasteiger charge is 2.22. The SMILES string of the molecule is Cc1cc([C@@H](C)Nc2ccc(Cl)nc2C(=O)O)c2nc(N3CCCC3)n(C)c(=O)c2c1. The quantitative estimate of drug-likeness (QED) is 0.581. The Morgan fingerprint density at radius 2 is 1.94 bits per heavy atom. The summed E-state index contributed by atoms with van der Waals surface area (Å²) in [6.45, 7) is 5.58. The zero-order valence-corrected chi connectivity index (χ0v) is 18.4. The van der Waals surface area contributed by atoms with Crippen LogP contribution in [0.3, 0.4) is 0 Å². The van der Waals surface area contributed by atoms with Crippen LogP contribution in [0.1, 0.15) is 47.4 Å². The number of hydrogen-bond acceptors (Lipinski definition) is 6. The number of benzene rings is 1. The van der Waals surface area contributed by atoms with Gasteiger partial charge in [0.15, 0.2) is 5.69 Å². The largest absolute Gasteiger partial charge is 0.476 e. The van der Waals surface area contributed by atoms with Gasteiger partial charge in [0.2, 0.25) is 5.95 Å². The van der Waals surface area contributed by atoms with Crippen molar-refractivity contribution in [3.05, 3.63) is 56.6 Å². The van der Waals surface area contributed by atoms with E-state index in [2.05, 4.69) is 15.2 Å².